The van der Waals surface area contributed by atoms with Gasteiger partial charge in [0, 0.05) is 19.0 Å². The molecule has 23 heavy (non-hydrogen) atoms. The summed E-state index contributed by atoms with van der Waals surface area (Å²) in [7, 11) is 1.53. The van der Waals surface area contributed by atoms with E-state index < -0.39 is 12.1 Å². The first-order valence-corrected chi connectivity index (χ1v) is 7.42. The number of amides is 3. The van der Waals surface area contributed by atoms with Gasteiger partial charge in [0.05, 0.1) is 6.54 Å². The van der Waals surface area contributed by atoms with Crippen LogP contribution in [0.5, 0.6) is 5.75 Å². The van der Waals surface area contributed by atoms with Crippen molar-refractivity contribution >= 4 is 17.7 Å². The number of aliphatic hydroxyl groups is 1. The number of Topliss-reactive ketones (excluding diaryl/α,β-unsaturated/α-hetero) is 1. The summed E-state index contributed by atoms with van der Waals surface area (Å²) in [5, 5.41) is 9.93. The van der Waals surface area contributed by atoms with Crippen molar-refractivity contribution in [3.63, 3.8) is 0 Å². The Labute approximate surface area is 134 Å². The molecule has 1 atom stereocenters. The molecule has 124 valence electrons. The highest BCUT2D eigenvalue weighted by Gasteiger charge is 2.34. The lowest BCUT2D eigenvalue weighted by Crippen LogP contribution is -2.40. The number of ketones is 1. The maximum Gasteiger partial charge on any atom is 0.327 e. The average Bonchev–Trinajstić information content (AvgIpc) is 2.79. The third kappa shape index (κ3) is 4.07. The number of carbonyl (C=O) groups excluding carboxylic acids is 3. The van der Waals surface area contributed by atoms with Crippen LogP contribution < -0.4 is 4.74 Å². The van der Waals surface area contributed by atoms with E-state index in [4.69, 9.17) is 4.74 Å². The van der Waals surface area contributed by atoms with E-state index in [0.29, 0.717) is 17.7 Å². The lowest BCUT2D eigenvalue weighted by atomic mass is 10.1. The number of urea groups is 1. The molecule has 1 heterocycles. The Morgan fingerprint density at radius 1 is 1.30 bits per heavy atom. The first-order chi connectivity index (χ1) is 10.9. The Hall–Kier alpha value is -2.41. The van der Waals surface area contributed by atoms with Gasteiger partial charge in [0.1, 0.15) is 25.0 Å². The quantitative estimate of drug-likeness (QED) is 0.596. The van der Waals surface area contributed by atoms with Crippen molar-refractivity contribution in [2.24, 2.45) is 0 Å². The van der Waals surface area contributed by atoms with E-state index in [1.54, 1.807) is 31.2 Å². The van der Waals surface area contributed by atoms with Gasteiger partial charge in [-0.15, -0.1) is 0 Å². The molecule has 0 spiro atoms. The van der Waals surface area contributed by atoms with Crippen molar-refractivity contribution in [2.75, 3.05) is 26.7 Å². The van der Waals surface area contributed by atoms with Gasteiger partial charge in [-0.05, 0) is 24.3 Å². The minimum atomic E-state index is -0.980. The second kappa shape index (κ2) is 7.23. The average molecular weight is 320 g/mol. The molecule has 7 heteroatoms. The SMILES string of the molecule is CCC(=O)c1ccc(OC[C@@H](O)CN2C(=O)CN(C)C2=O)cc1. The molecule has 1 fully saturated rings. The van der Waals surface area contributed by atoms with Crippen molar-refractivity contribution in [3.8, 4) is 5.75 Å². The Balaban J connectivity index is 1.85. The fourth-order valence-corrected chi connectivity index (χ4v) is 2.25. The van der Waals surface area contributed by atoms with Crippen LogP contribution in [0, 0.1) is 0 Å². The molecule has 1 aromatic rings. The zero-order valence-electron chi connectivity index (χ0n) is 13.2. The molecule has 1 aliphatic heterocycles. The van der Waals surface area contributed by atoms with Crippen LogP contribution in [0.25, 0.3) is 0 Å². The molecule has 0 radical (unpaired) electrons. The number of rotatable bonds is 7. The number of hydrogen-bond acceptors (Lipinski definition) is 5. The van der Waals surface area contributed by atoms with Gasteiger partial charge in [0.2, 0.25) is 5.91 Å². The van der Waals surface area contributed by atoms with Crippen LogP contribution in [-0.4, -0.2) is 65.5 Å². The molecule has 0 aliphatic carbocycles. The Kier molecular flexibility index (Phi) is 5.33. The van der Waals surface area contributed by atoms with E-state index in [1.165, 1.54) is 11.9 Å². The standard InChI is InChI=1S/C16H20N2O5/c1-3-14(20)11-4-6-13(7-5-11)23-10-12(19)8-18-15(21)9-17(2)16(18)22/h4-7,12,19H,3,8-10H2,1-2H3/t12-/m0/s1. The van der Waals surface area contributed by atoms with Crippen LogP contribution in [0.2, 0.25) is 0 Å². The van der Waals surface area contributed by atoms with Crippen molar-refractivity contribution in [2.45, 2.75) is 19.4 Å². The van der Waals surface area contributed by atoms with Crippen molar-refractivity contribution in [1.29, 1.82) is 0 Å². The summed E-state index contributed by atoms with van der Waals surface area (Å²) in [6, 6.07) is 6.20. The number of aliphatic hydroxyl groups excluding tert-OH is 1. The first kappa shape index (κ1) is 17.0. The molecule has 2 rings (SSSR count). The molecule has 3 amide bonds. The topological polar surface area (TPSA) is 87.2 Å². The lowest BCUT2D eigenvalue weighted by Gasteiger charge is -2.18. The minimum Gasteiger partial charge on any atom is -0.491 e. The predicted octanol–water partition coefficient (Wildman–Crippen LogP) is 0.913. The summed E-state index contributed by atoms with van der Waals surface area (Å²) >= 11 is 0. The van der Waals surface area contributed by atoms with Crippen LogP contribution in [0.3, 0.4) is 0 Å². The maximum atomic E-state index is 11.7. The third-order valence-electron chi connectivity index (χ3n) is 3.56. The predicted molar refractivity (Wildman–Crippen MR) is 82.3 cm³/mol. The van der Waals surface area contributed by atoms with E-state index in [-0.39, 0.29) is 31.4 Å². The van der Waals surface area contributed by atoms with E-state index in [1.807, 2.05) is 0 Å². The number of carbonyl (C=O) groups is 3. The summed E-state index contributed by atoms with van der Waals surface area (Å²) in [4.78, 5) is 37.1. The largest absolute Gasteiger partial charge is 0.491 e. The van der Waals surface area contributed by atoms with Gasteiger partial charge in [-0.2, -0.15) is 0 Å². The molecule has 0 aromatic heterocycles. The summed E-state index contributed by atoms with van der Waals surface area (Å²) in [6.45, 7) is 1.66. The van der Waals surface area contributed by atoms with Gasteiger partial charge in [0.15, 0.2) is 5.78 Å². The van der Waals surface area contributed by atoms with Gasteiger partial charge in [0.25, 0.3) is 0 Å². The van der Waals surface area contributed by atoms with E-state index in [2.05, 4.69) is 0 Å². The maximum absolute atomic E-state index is 11.7. The molecule has 0 saturated carbocycles. The van der Waals surface area contributed by atoms with Crippen molar-refractivity contribution in [1.82, 2.24) is 9.80 Å². The second-order valence-electron chi connectivity index (χ2n) is 5.41. The highest BCUT2D eigenvalue weighted by Crippen LogP contribution is 2.14. The van der Waals surface area contributed by atoms with Gasteiger partial charge < -0.3 is 14.7 Å². The van der Waals surface area contributed by atoms with E-state index in [0.717, 1.165) is 4.90 Å². The van der Waals surface area contributed by atoms with E-state index in [9.17, 15) is 19.5 Å². The zero-order chi connectivity index (χ0) is 17.0. The molecule has 1 aliphatic rings. The van der Waals surface area contributed by atoms with Crippen LogP contribution in [0.4, 0.5) is 4.79 Å². The lowest BCUT2D eigenvalue weighted by molar-refractivity contribution is -0.126. The second-order valence-corrected chi connectivity index (χ2v) is 5.41. The van der Waals surface area contributed by atoms with Crippen LogP contribution in [0.15, 0.2) is 24.3 Å². The molecular formula is C16H20N2O5. The molecule has 0 bridgehead atoms. The molecule has 1 aromatic carbocycles. The fraction of sp³-hybridized carbons (Fsp3) is 0.438. The molecule has 1 saturated heterocycles. The highest BCUT2D eigenvalue weighted by molar-refractivity contribution is 6.01. The summed E-state index contributed by atoms with van der Waals surface area (Å²) in [5.41, 5.74) is 0.608. The van der Waals surface area contributed by atoms with E-state index >= 15 is 0 Å². The monoisotopic (exact) mass is 320 g/mol. The zero-order valence-corrected chi connectivity index (χ0v) is 13.2. The molecular weight excluding hydrogens is 300 g/mol. The van der Waals surface area contributed by atoms with Crippen molar-refractivity contribution < 1.29 is 24.2 Å². The normalized spacial score (nSPS) is 16.0. The smallest absolute Gasteiger partial charge is 0.327 e. The van der Waals surface area contributed by atoms with Gasteiger partial charge >= 0.3 is 6.03 Å². The van der Waals surface area contributed by atoms with Crippen LogP contribution in [0.1, 0.15) is 23.7 Å². The number of nitrogens with zero attached hydrogens (tertiary/aromatic N) is 2. The summed E-state index contributed by atoms with van der Waals surface area (Å²) < 4.78 is 5.42. The fourth-order valence-electron chi connectivity index (χ4n) is 2.25. The number of imide groups is 1. The van der Waals surface area contributed by atoms with Gasteiger partial charge in [-0.1, -0.05) is 6.92 Å². The molecule has 7 nitrogen and oxygen atoms in total. The summed E-state index contributed by atoms with van der Waals surface area (Å²) in [5.74, 6) is 0.221. The van der Waals surface area contributed by atoms with Crippen LogP contribution in [-0.2, 0) is 4.79 Å². The third-order valence-corrected chi connectivity index (χ3v) is 3.56. The van der Waals surface area contributed by atoms with Gasteiger partial charge in [-0.3, -0.25) is 14.5 Å². The first-order valence-electron chi connectivity index (χ1n) is 7.42. The van der Waals surface area contributed by atoms with Gasteiger partial charge in [-0.25, -0.2) is 4.79 Å². The highest BCUT2D eigenvalue weighted by atomic mass is 16.5. The minimum absolute atomic E-state index is 0.0271. The Morgan fingerprint density at radius 3 is 2.48 bits per heavy atom. The summed E-state index contributed by atoms with van der Waals surface area (Å²) in [6.07, 6.45) is -0.544. The number of hydrogen-bond donors (Lipinski definition) is 1. The number of ether oxygens (including phenoxy) is 1. The number of likely N-dealkylation sites (N-methyl/N-ethyl adjacent to an activating group) is 1. The Bertz CT molecular complexity index is 599. The molecule has 0 unspecified atom stereocenters. The van der Waals surface area contributed by atoms with Crippen LogP contribution >= 0.6 is 0 Å². The number of benzene rings is 1. The van der Waals surface area contributed by atoms with Crippen molar-refractivity contribution in [3.05, 3.63) is 29.8 Å². The molecule has 1 N–H and O–H groups in total. The number of β-amino-alcohol motifs (C(OH)–C–C–N with tert-alkyl or cyclic N) is 1. The Morgan fingerprint density at radius 2 is 1.96 bits per heavy atom.